The first-order valence-corrected chi connectivity index (χ1v) is 11.4. The van der Waals surface area contributed by atoms with Crippen molar-refractivity contribution in [2.45, 2.75) is 53.9 Å². The van der Waals surface area contributed by atoms with Crippen LogP contribution >= 0.6 is 11.6 Å². The van der Waals surface area contributed by atoms with Crippen LogP contribution in [0, 0.1) is 12.3 Å². The highest BCUT2D eigenvalue weighted by molar-refractivity contribution is 6.30. The summed E-state index contributed by atoms with van der Waals surface area (Å²) in [6, 6.07) is 11.1. The first-order valence-electron chi connectivity index (χ1n) is 11.1. The molecule has 0 aromatic heterocycles. The molecule has 0 N–H and O–H groups in total. The lowest BCUT2D eigenvalue weighted by Gasteiger charge is -2.26. The van der Waals surface area contributed by atoms with Crippen molar-refractivity contribution in [2.75, 3.05) is 20.8 Å². The quantitative estimate of drug-likeness (QED) is 0.327. The van der Waals surface area contributed by atoms with Gasteiger partial charge in [0.15, 0.2) is 0 Å². The Hall–Kier alpha value is -2.93. The maximum absolute atomic E-state index is 13.1. The summed E-state index contributed by atoms with van der Waals surface area (Å²) in [6.07, 6.45) is -1.14. The maximum Gasteiger partial charge on any atom is 0.413 e. The molecule has 0 saturated carbocycles. The van der Waals surface area contributed by atoms with Gasteiger partial charge in [-0.2, -0.15) is 0 Å². The topological polar surface area (TPSA) is 74.3 Å². The maximum atomic E-state index is 13.1. The van der Waals surface area contributed by atoms with Crippen LogP contribution in [0.4, 0.5) is 4.79 Å². The molecule has 0 fully saturated rings. The first-order chi connectivity index (χ1) is 15.9. The van der Waals surface area contributed by atoms with E-state index in [4.69, 9.17) is 30.5 Å². The molecule has 0 spiro atoms. The van der Waals surface area contributed by atoms with E-state index < -0.39 is 23.8 Å². The Bertz CT molecular complexity index is 981. The molecular formula is C26H34ClNO6. The van der Waals surface area contributed by atoms with Gasteiger partial charge >= 0.3 is 12.1 Å². The van der Waals surface area contributed by atoms with Crippen LogP contribution in [0.5, 0.6) is 11.5 Å². The molecular weight excluding hydrogens is 458 g/mol. The summed E-state index contributed by atoms with van der Waals surface area (Å²) in [6.45, 7) is 9.26. The lowest BCUT2D eigenvalue weighted by atomic mass is 9.97. The minimum atomic E-state index is -1.03. The van der Waals surface area contributed by atoms with E-state index in [1.54, 1.807) is 39.9 Å². The number of benzene rings is 2. The van der Waals surface area contributed by atoms with E-state index in [0.29, 0.717) is 29.5 Å². The van der Waals surface area contributed by atoms with Gasteiger partial charge in [0.25, 0.3) is 0 Å². The fourth-order valence-electron chi connectivity index (χ4n) is 3.26. The Labute approximate surface area is 206 Å². The summed E-state index contributed by atoms with van der Waals surface area (Å²) in [5.74, 6) is 0.934. The van der Waals surface area contributed by atoms with Gasteiger partial charge < -0.3 is 23.8 Å². The van der Waals surface area contributed by atoms with E-state index in [9.17, 15) is 9.59 Å². The van der Waals surface area contributed by atoms with Gasteiger partial charge in [0.1, 0.15) is 11.5 Å². The van der Waals surface area contributed by atoms with Crippen LogP contribution in [-0.4, -0.2) is 44.0 Å². The highest BCUT2D eigenvalue weighted by Crippen LogP contribution is 2.25. The van der Waals surface area contributed by atoms with Crippen molar-refractivity contribution in [1.29, 1.82) is 0 Å². The summed E-state index contributed by atoms with van der Waals surface area (Å²) in [4.78, 5) is 26.8. The van der Waals surface area contributed by atoms with E-state index in [0.717, 1.165) is 16.7 Å². The van der Waals surface area contributed by atoms with Gasteiger partial charge in [-0.1, -0.05) is 17.7 Å². The number of ether oxygens (including phenoxy) is 4. The average Bonchev–Trinajstić information content (AvgIpc) is 2.74. The Kier molecular flexibility index (Phi) is 9.62. The minimum absolute atomic E-state index is 0.270. The number of carbonyl (C=O) groups is 2. The molecule has 8 heteroatoms. The number of nitrogens with zero attached hydrogens (tertiary/aromatic N) is 1. The lowest BCUT2D eigenvalue weighted by molar-refractivity contribution is -0.175. The number of rotatable bonds is 9. The number of hydrogen-bond acceptors (Lipinski definition) is 6. The van der Waals surface area contributed by atoms with Crippen molar-refractivity contribution in [3.05, 3.63) is 58.1 Å². The number of hydrogen-bond donors (Lipinski definition) is 0. The van der Waals surface area contributed by atoms with Gasteiger partial charge in [-0.05, 0) is 81.1 Å². The Morgan fingerprint density at radius 1 is 1.03 bits per heavy atom. The van der Waals surface area contributed by atoms with E-state index in [-0.39, 0.29) is 6.54 Å². The molecule has 0 aliphatic carbocycles. The molecule has 0 saturated heterocycles. The van der Waals surface area contributed by atoms with Crippen molar-refractivity contribution < 1.29 is 28.5 Å². The first kappa shape index (κ1) is 27.3. The zero-order chi connectivity index (χ0) is 25.5. The zero-order valence-corrected chi connectivity index (χ0v) is 21.7. The van der Waals surface area contributed by atoms with Gasteiger partial charge in [0.2, 0.25) is 6.29 Å². The molecule has 2 aromatic rings. The van der Waals surface area contributed by atoms with Gasteiger partial charge in [0.05, 0.1) is 19.6 Å². The summed E-state index contributed by atoms with van der Waals surface area (Å²) >= 11 is 6.22. The summed E-state index contributed by atoms with van der Waals surface area (Å²) in [5, 5.41) is 0.588. The van der Waals surface area contributed by atoms with Crippen molar-refractivity contribution >= 4 is 23.7 Å². The number of esters is 1. The fourth-order valence-corrected chi connectivity index (χ4v) is 3.57. The van der Waals surface area contributed by atoms with Gasteiger partial charge in [-0.3, -0.25) is 4.79 Å². The third-order valence-corrected chi connectivity index (χ3v) is 5.24. The van der Waals surface area contributed by atoms with Gasteiger partial charge in [-0.25, -0.2) is 4.79 Å². The molecule has 34 heavy (non-hydrogen) atoms. The second-order valence-electron chi connectivity index (χ2n) is 9.09. The largest absolute Gasteiger partial charge is 0.497 e. The molecule has 7 nitrogen and oxygen atoms in total. The van der Waals surface area contributed by atoms with E-state index in [2.05, 4.69) is 0 Å². The highest BCUT2D eigenvalue weighted by atomic mass is 35.5. The number of methoxy groups -OCH3 is 2. The molecule has 0 heterocycles. The zero-order valence-electron chi connectivity index (χ0n) is 20.9. The van der Waals surface area contributed by atoms with E-state index >= 15 is 0 Å². The van der Waals surface area contributed by atoms with E-state index in [1.165, 1.54) is 6.92 Å². The Morgan fingerprint density at radius 2 is 1.74 bits per heavy atom. The fraction of sp³-hybridized carbons (Fsp3) is 0.462. The highest BCUT2D eigenvalue weighted by Gasteiger charge is 2.27. The second-order valence-corrected chi connectivity index (χ2v) is 9.53. The second kappa shape index (κ2) is 12.0. The normalized spacial score (nSPS) is 12.0. The van der Waals surface area contributed by atoms with Crippen LogP contribution in [0.3, 0.4) is 0 Å². The van der Waals surface area contributed by atoms with Crippen LogP contribution in [0.2, 0.25) is 5.02 Å². The number of carbonyl (C=O) groups excluding carboxylic acids is 2. The van der Waals surface area contributed by atoms with Crippen LogP contribution in [0.15, 0.2) is 36.4 Å². The van der Waals surface area contributed by atoms with E-state index in [1.807, 2.05) is 43.3 Å². The predicted octanol–water partition coefficient (Wildman–Crippen LogP) is 5.78. The third-order valence-electron chi connectivity index (χ3n) is 5.02. The minimum Gasteiger partial charge on any atom is -0.497 e. The summed E-state index contributed by atoms with van der Waals surface area (Å²) in [5.41, 5.74) is 2.02. The molecule has 0 aliphatic heterocycles. The molecule has 0 bridgehead atoms. The number of amides is 1. The molecule has 0 radical (unpaired) electrons. The molecule has 0 aliphatic rings. The van der Waals surface area contributed by atoms with Crippen LogP contribution in [-0.2, 0) is 27.2 Å². The molecule has 2 aromatic carbocycles. The lowest BCUT2D eigenvalue weighted by Crippen LogP contribution is -2.37. The monoisotopic (exact) mass is 491 g/mol. The Balaban J connectivity index is 2.22. The SMILES string of the molecule is COc1ccc(OC)c(CCN(Cc2cc(C)cc(Cl)c2)C(=O)OC(C)OC(=O)C(C)(C)C)c1. The molecule has 1 unspecified atom stereocenters. The Morgan fingerprint density at radius 3 is 2.32 bits per heavy atom. The molecule has 2 rings (SSSR count). The van der Waals surface area contributed by atoms with Crippen LogP contribution in [0.25, 0.3) is 0 Å². The predicted molar refractivity (Wildman–Crippen MR) is 131 cm³/mol. The number of aryl methyl sites for hydroxylation is 1. The van der Waals surface area contributed by atoms with Crippen molar-refractivity contribution in [1.82, 2.24) is 4.90 Å². The average molecular weight is 492 g/mol. The van der Waals surface area contributed by atoms with Crippen molar-refractivity contribution in [3.8, 4) is 11.5 Å². The number of halogens is 1. The van der Waals surface area contributed by atoms with Gasteiger partial charge in [-0.15, -0.1) is 0 Å². The molecule has 1 atom stereocenters. The third kappa shape index (κ3) is 8.13. The molecule has 186 valence electrons. The summed E-state index contributed by atoms with van der Waals surface area (Å²) in [7, 11) is 3.19. The summed E-state index contributed by atoms with van der Waals surface area (Å²) < 4.78 is 21.5. The van der Waals surface area contributed by atoms with Crippen LogP contribution < -0.4 is 9.47 Å². The smallest absolute Gasteiger partial charge is 0.413 e. The van der Waals surface area contributed by atoms with Crippen molar-refractivity contribution in [3.63, 3.8) is 0 Å². The van der Waals surface area contributed by atoms with Crippen molar-refractivity contribution in [2.24, 2.45) is 5.41 Å². The van der Waals surface area contributed by atoms with Gasteiger partial charge in [0, 0.05) is 25.0 Å². The van der Waals surface area contributed by atoms with Crippen LogP contribution in [0.1, 0.15) is 44.4 Å². The molecule has 1 amide bonds. The standard InChI is InChI=1S/C26H34ClNO6/c1-17-12-19(14-21(27)13-17)16-28(25(30)34-18(2)33-24(29)26(3,4)5)11-10-20-15-22(31-6)8-9-23(20)32-7/h8-9,12-15,18H,10-11,16H2,1-7H3.